The lowest BCUT2D eigenvalue weighted by atomic mass is 10.2. The van der Waals surface area contributed by atoms with Crippen molar-refractivity contribution in [1.82, 2.24) is 9.66 Å². The van der Waals surface area contributed by atoms with Crippen molar-refractivity contribution in [3.05, 3.63) is 87.7 Å². The number of carbonyl (C=O) groups excluding carboxylic acids is 1. The number of hydrogen-bond donors (Lipinski definition) is 0. The monoisotopic (exact) mass is 531 g/mol. The van der Waals surface area contributed by atoms with E-state index >= 15 is 0 Å². The van der Waals surface area contributed by atoms with Crippen LogP contribution in [-0.2, 0) is 9.53 Å². The molecular weight excluding hydrogens is 510 g/mol. The normalized spacial score (nSPS) is 12.2. The molecule has 0 bridgehead atoms. The van der Waals surface area contributed by atoms with Crippen molar-refractivity contribution in [3.8, 4) is 23.1 Å². The molecule has 0 saturated carbocycles. The zero-order chi connectivity index (χ0) is 26.8. The van der Waals surface area contributed by atoms with Gasteiger partial charge in [0.2, 0.25) is 5.82 Å². The van der Waals surface area contributed by atoms with Crippen LogP contribution in [0.2, 0.25) is 5.02 Å². The number of furan rings is 1. The summed E-state index contributed by atoms with van der Waals surface area (Å²) in [5.41, 5.74) is 1.33. The lowest BCUT2D eigenvalue weighted by molar-refractivity contribution is -0.147. The number of benzene rings is 3. The number of para-hydroxylation sites is 2. The first-order chi connectivity index (χ1) is 18.4. The standard InChI is InChI=1S/C28H22ClN3O6/c1-16(28(34)36-3)37-25-20(29)12-17(13-23(25)35-2)15-30-32-26(24-14-18-8-4-7-11-22(18)38-24)31-21-10-6-5-9-19(21)27(32)33/h4-16H,1-3H3/t16-/m1/s1. The highest BCUT2D eigenvalue weighted by molar-refractivity contribution is 6.32. The van der Waals surface area contributed by atoms with E-state index in [2.05, 4.69) is 10.1 Å². The molecule has 5 rings (SSSR count). The van der Waals surface area contributed by atoms with Gasteiger partial charge in [-0.3, -0.25) is 4.79 Å². The van der Waals surface area contributed by atoms with Crippen LogP contribution in [0.5, 0.6) is 11.5 Å². The Hall–Kier alpha value is -4.63. The van der Waals surface area contributed by atoms with E-state index in [1.165, 1.54) is 32.0 Å². The van der Waals surface area contributed by atoms with Crippen molar-refractivity contribution in [2.75, 3.05) is 14.2 Å². The average Bonchev–Trinajstić information content (AvgIpc) is 3.37. The topological polar surface area (TPSA) is 105 Å². The maximum atomic E-state index is 13.5. The number of carbonyl (C=O) groups is 1. The second kappa shape index (κ2) is 10.4. The Kier molecular flexibility index (Phi) is 6.85. The third kappa shape index (κ3) is 4.71. The largest absolute Gasteiger partial charge is 0.493 e. The van der Waals surface area contributed by atoms with Gasteiger partial charge in [0.15, 0.2) is 23.4 Å². The van der Waals surface area contributed by atoms with Gasteiger partial charge in [0, 0.05) is 5.39 Å². The molecule has 1 atom stereocenters. The number of esters is 1. The second-order valence-electron chi connectivity index (χ2n) is 8.28. The maximum absolute atomic E-state index is 13.5. The van der Waals surface area contributed by atoms with Crippen molar-refractivity contribution < 1.29 is 23.4 Å². The predicted molar refractivity (Wildman–Crippen MR) is 144 cm³/mol. The Labute approximate surface area is 221 Å². The fourth-order valence-corrected chi connectivity index (χ4v) is 4.19. The first-order valence-electron chi connectivity index (χ1n) is 11.6. The summed E-state index contributed by atoms with van der Waals surface area (Å²) in [6.07, 6.45) is 0.547. The molecule has 38 heavy (non-hydrogen) atoms. The smallest absolute Gasteiger partial charge is 0.346 e. The van der Waals surface area contributed by atoms with Gasteiger partial charge >= 0.3 is 5.97 Å². The van der Waals surface area contributed by atoms with Crippen LogP contribution < -0.4 is 15.0 Å². The molecule has 192 valence electrons. The summed E-state index contributed by atoms with van der Waals surface area (Å²) in [7, 11) is 2.71. The summed E-state index contributed by atoms with van der Waals surface area (Å²) >= 11 is 6.45. The number of aromatic nitrogens is 2. The van der Waals surface area contributed by atoms with Gasteiger partial charge in [-0.25, -0.2) is 9.78 Å². The zero-order valence-corrected chi connectivity index (χ0v) is 21.4. The molecule has 5 aromatic rings. The Balaban J connectivity index is 1.60. The van der Waals surface area contributed by atoms with Crippen LogP contribution in [0, 0.1) is 0 Å². The van der Waals surface area contributed by atoms with E-state index in [1.54, 1.807) is 30.3 Å². The van der Waals surface area contributed by atoms with Gasteiger partial charge in [-0.2, -0.15) is 9.78 Å². The number of rotatable bonds is 7. The molecule has 0 radical (unpaired) electrons. The third-order valence-electron chi connectivity index (χ3n) is 5.80. The fourth-order valence-electron chi connectivity index (χ4n) is 3.93. The van der Waals surface area contributed by atoms with Gasteiger partial charge in [-0.05, 0) is 48.9 Å². The van der Waals surface area contributed by atoms with Crippen molar-refractivity contribution >= 4 is 45.7 Å². The Bertz CT molecular complexity index is 1720. The lowest BCUT2D eigenvalue weighted by Crippen LogP contribution is -2.25. The van der Waals surface area contributed by atoms with Crippen LogP contribution in [0.15, 0.2) is 81.0 Å². The van der Waals surface area contributed by atoms with Gasteiger partial charge in [-0.1, -0.05) is 41.9 Å². The molecule has 0 spiro atoms. The Morgan fingerprint density at radius 3 is 2.63 bits per heavy atom. The first kappa shape index (κ1) is 25.0. The van der Waals surface area contributed by atoms with E-state index in [9.17, 15) is 9.59 Å². The minimum absolute atomic E-state index is 0.178. The van der Waals surface area contributed by atoms with E-state index in [-0.39, 0.29) is 27.9 Å². The van der Waals surface area contributed by atoms with E-state index in [0.29, 0.717) is 27.8 Å². The van der Waals surface area contributed by atoms with Crippen LogP contribution in [-0.4, -0.2) is 42.2 Å². The summed E-state index contributed by atoms with van der Waals surface area (Å²) in [4.78, 5) is 29.9. The maximum Gasteiger partial charge on any atom is 0.346 e. The summed E-state index contributed by atoms with van der Waals surface area (Å²) in [6.45, 7) is 1.54. The molecule has 2 heterocycles. The highest BCUT2D eigenvalue weighted by atomic mass is 35.5. The molecule has 0 unspecified atom stereocenters. The summed E-state index contributed by atoms with van der Waals surface area (Å²) in [5, 5.41) is 5.90. The van der Waals surface area contributed by atoms with Crippen LogP contribution in [0.3, 0.4) is 0 Å². The summed E-state index contributed by atoms with van der Waals surface area (Å²) in [6, 6.07) is 19.5. The number of hydrogen-bond acceptors (Lipinski definition) is 8. The van der Waals surface area contributed by atoms with E-state index in [0.717, 1.165) is 5.39 Å². The van der Waals surface area contributed by atoms with E-state index < -0.39 is 12.1 Å². The summed E-state index contributed by atoms with van der Waals surface area (Å²) < 4.78 is 23.0. The highest BCUT2D eigenvalue weighted by Crippen LogP contribution is 2.37. The minimum atomic E-state index is -0.903. The van der Waals surface area contributed by atoms with Crippen molar-refractivity contribution in [2.45, 2.75) is 13.0 Å². The van der Waals surface area contributed by atoms with Crippen molar-refractivity contribution in [3.63, 3.8) is 0 Å². The molecule has 0 amide bonds. The van der Waals surface area contributed by atoms with Crippen molar-refractivity contribution in [1.29, 1.82) is 0 Å². The molecule has 3 aromatic carbocycles. The van der Waals surface area contributed by atoms with Crippen LogP contribution in [0.4, 0.5) is 0 Å². The molecule has 2 aromatic heterocycles. The number of fused-ring (bicyclic) bond motifs is 2. The Morgan fingerprint density at radius 2 is 1.87 bits per heavy atom. The Morgan fingerprint density at radius 1 is 1.11 bits per heavy atom. The fraction of sp³-hybridized carbons (Fsp3) is 0.143. The molecule has 9 nitrogen and oxygen atoms in total. The lowest BCUT2D eigenvalue weighted by Gasteiger charge is -2.16. The number of ether oxygens (including phenoxy) is 3. The SMILES string of the molecule is COC(=O)[C@@H](C)Oc1c(Cl)cc(C=Nn2c(-c3cc4ccccc4o3)nc3ccccc3c2=O)cc1OC. The third-order valence-corrected chi connectivity index (χ3v) is 6.08. The highest BCUT2D eigenvalue weighted by Gasteiger charge is 2.21. The molecule has 0 aliphatic heterocycles. The molecular formula is C28H22ClN3O6. The van der Waals surface area contributed by atoms with E-state index in [4.69, 9.17) is 30.2 Å². The molecule has 0 N–H and O–H groups in total. The molecule has 0 aliphatic carbocycles. The van der Waals surface area contributed by atoms with Crippen LogP contribution in [0.25, 0.3) is 33.5 Å². The van der Waals surface area contributed by atoms with Crippen LogP contribution >= 0.6 is 11.6 Å². The quantitative estimate of drug-likeness (QED) is 0.207. The molecule has 0 fully saturated rings. The number of halogens is 1. The molecule has 0 saturated heterocycles. The predicted octanol–water partition coefficient (Wildman–Crippen LogP) is 5.29. The van der Waals surface area contributed by atoms with Gasteiger partial charge in [-0.15, -0.1) is 0 Å². The van der Waals surface area contributed by atoms with Gasteiger partial charge in [0.05, 0.1) is 36.4 Å². The average molecular weight is 532 g/mol. The van der Waals surface area contributed by atoms with Crippen LogP contribution in [0.1, 0.15) is 12.5 Å². The van der Waals surface area contributed by atoms with Crippen molar-refractivity contribution in [2.24, 2.45) is 5.10 Å². The zero-order valence-electron chi connectivity index (χ0n) is 20.7. The van der Waals surface area contributed by atoms with Gasteiger partial charge < -0.3 is 18.6 Å². The first-order valence-corrected chi connectivity index (χ1v) is 11.9. The second-order valence-corrected chi connectivity index (χ2v) is 8.69. The minimum Gasteiger partial charge on any atom is -0.493 e. The molecule has 0 aliphatic rings. The van der Waals surface area contributed by atoms with E-state index in [1.807, 2.05) is 36.4 Å². The number of methoxy groups -OCH3 is 2. The number of nitrogens with zero attached hydrogens (tertiary/aromatic N) is 3. The van der Waals surface area contributed by atoms with Gasteiger partial charge in [0.1, 0.15) is 5.58 Å². The molecule has 10 heteroatoms. The summed E-state index contributed by atoms with van der Waals surface area (Å²) in [5.74, 6) is 0.524. The van der Waals surface area contributed by atoms with Gasteiger partial charge in [0.25, 0.3) is 5.56 Å².